The van der Waals surface area contributed by atoms with Crippen LogP contribution >= 0.6 is 0 Å². The van der Waals surface area contributed by atoms with Gasteiger partial charge < -0.3 is 19.0 Å². The smallest absolute Gasteiger partial charge is 0.325 e. The fourth-order valence-corrected chi connectivity index (χ4v) is 2.50. The predicted octanol–water partition coefficient (Wildman–Crippen LogP) is 3.71. The van der Waals surface area contributed by atoms with Crippen molar-refractivity contribution < 1.29 is 23.3 Å². The maximum Gasteiger partial charge on any atom is 0.325 e. The Labute approximate surface area is 162 Å². The van der Waals surface area contributed by atoms with E-state index in [4.69, 9.17) is 13.7 Å². The second kappa shape index (κ2) is 8.12. The largest absolute Gasteiger partial charge is 0.461 e. The van der Waals surface area contributed by atoms with Gasteiger partial charge in [-0.3, -0.25) is 9.59 Å². The number of hydrogen-bond acceptors (Lipinski definition) is 6. The number of aromatic nitrogens is 1. The minimum Gasteiger partial charge on any atom is -0.461 e. The lowest BCUT2D eigenvalue weighted by molar-refractivity contribution is -0.143. The van der Waals surface area contributed by atoms with E-state index in [-0.39, 0.29) is 24.5 Å². The van der Waals surface area contributed by atoms with Crippen LogP contribution in [0.25, 0.3) is 11.5 Å². The zero-order valence-electron chi connectivity index (χ0n) is 16.0. The number of carbonyl (C=O) groups is 2. The lowest BCUT2D eigenvalue weighted by Gasteiger charge is -2.19. The molecular weight excluding hydrogens is 360 g/mol. The summed E-state index contributed by atoms with van der Waals surface area (Å²) in [4.78, 5) is 24.0. The van der Waals surface area contributed by atoms with Gasteiger partial charge in [0.25, 0.3) is 5.91 Å². The quantitative estimate of drug-likeness (QED) is 0.653. The summed E-state index contributed by atoms with van der Waals surface area (Å²) in [5.41, 5.74) is 2.07. The zero-order valence-corrected chi connectivity index (χ0v) is 16.0. The van der Waals surface area contributed by atoms with Crippen LogP contribution in [0.3, 0.4) is 0 Å². The number of nitrogens with zero attached hydrogens (tertiary/aromatic N) is 1. The van der Waals surface area contributed by atoms with Crippen LogP contribution in [0.2, 0.25) is 0 Å². The molecule has 7 nitrogen and oxygen atoms in total. The van der Waals surface area contributed by atoms with Crippen LogP contribution in [0.15, 0.2) is 57.7 Å². The molecule has 0 saturated heterocycles. The molecule has 2 heterocycles. The van der Waals surface area contributed by atoms with Gasteiger partial charge in [0.2, 0.25) is 5.76 Å². The molecule has 0 spiro atoms. The van der Waals surface area contributed by atoms with E-state index in [1.807, 2.05) is 12.1 Å². The molecule has 3 rings (SSSR count). The number of amides is 1. The van der Waals surface area contributed by atoms with E-state index in [1.165, 1.54) is 6.26 Å². The first-order chi connectivity index (χ1) is 13.3. The number of furan rings is 1. The zero-order chi connectivity index (χ0) is 20.1. The molecule has 3 aromatic rings. The van der Waals surface area contributed by atoms with Crippen molar-refractivity contribution >= 4 is 11.9 Å². The van der Waals surface area contributed by atoms with Crippen LogP contribution in [-0.4, -0.2) is 23.6 Å². The maximum absolute atomic E-state index is 12.2. The molecule has 7 heteroatoms. The summed E-state index contributed by atoms with van der Waals surface area (Å²) in [7, 11) is 0. The van der Waals surface area contributed by atoms with Crippen LogP contribution in [0.1, 0.15) is 42.4 Å². The van der Waals surface area contributed by atoms with Crippen molar-refractivity contribution in [3.05, 3.63) is 65.5 Å². The molecule has 0 aliphatic rings. The summed E-state index contributed by atoms with van der Waals surface area (Å²) < 4.78 is 15.4. The summed E-state index contributed by atoms with van der Waals surface area (Å²) in [6.45, 7) is 6.02. The Balaban J connectivity index is 1.46. The molecule has 0 aliphatic heterocycles. The van der Waals surface area contributed by atoms with Gasteiger partial charge in [0.15, 0.2) is 5.76 Å². The van der Waals surface area contributed by atoms with E-state index in [1.54, 1.807) is 30.3 Å². The molecule has 2 aromatic heterocycles. The SMILES string of the molecule is CC(C)(C)c1ccc(C(=O)NCC(=O)OCc2cc(-c3ccco3)on2)cc1. The first-order valence-electron chi connectivity index (χ1n) is 8.87. The molecule has 0 unspecified atom stereocenters. The van der Waals surface area contributed by atoms with Crippen LogP contribution in [0.4, 0.5) is 0 Å². The molecule has 0 radical (unpaired) electrons. The minimum atomic E-state index is -0.567. The molecule has 1 N–H and O–H groups in total. The summed E-state index contributed by atoms with van der Waals surface area (Å²) in [6, 6.07) is 12.4. The monoisotopic (exact) mass is 382 g/mol. The van der Waals surface area contributed by atoms with E-state index in [9.17, 15) is 9.59 Å². The second-order valence-corrected chi connectivity index (χ2v) is 7.33. The number of carbonyl (C=O) groups excluding carboxylic acids is 2. The third-order valence-corrected chi connectivity index (χ3v) is 4.11. The average molecular weight is 382 g/mol. The second-order valence-electron chi connectivity index (χ2n) is 7.33. The highest BCUT2D eigenvalue weighted by Gasteiger charge is 2.15. The van der Waals surface area contributed by atoms with Crippen LogP contribution in [0, 0.1) is 0 Å². The van der Waals surface area contributed by atoms with Gasteiger partial charge in [0, 0.05) is 11.6 Å². The van der Waals surface area contributed by atoms with Crippen LogP contribution in [-0.2, 0) is 21.6 Å². The van der Waals surface area contributed by atoms with Gasteiger partial charge in [-0.2, -0.15) is 0 Å². The van der Waals surface area contributed by atoms with E-state index in [0.29, 0.717) is 22.8 Å². The molecule has 0 atom stereocenters. The van der Waals surface area contributed by atoms with E-state index in [2.05, 4.69) is 31.2 Å². The first kappa shape index (κ1) is 19.4. The lowest BCUT2D eigenvalue weighted by Crippen LogP contribution is -2.30. The van der Waals surface area contributed by atoms with Crippen molar-refractivity contribution in [3.8, 4) is 11.5 Å². The highest BCUT2D eigenvalue weighted by Crippen LogP contribution is 2.22. The van der Waals surface area contributed by atoms with Gasteiger partial charge in [0.05, 0.1) is 6.26 Å². The number of nitrogens with one attached hydrogen (secondary N) is 1. The van der Waals surface area contributed by atoms with Crippen molar-refractivity contribution in [1.82, 2.24) is 10.5 Å². The number of ether oxygens (including phenoxy) is 1. The standard InChI is InChI=1S/C21H22N2O5/c1-21(2,3)15-8-6-14(7-9-15)20(25)22-12-19(24)27-13-16-11-18(28-23-16)17-5-4-10-26-17/h4-11H,12-13H2,1-3H3,(H,22,25). The maximum atomic E-state index is 12.2. The molecule has 0 saturated carbocycles. The van der Waals surface area contributed by atoms with Gasteiger partial charge >= 0.3 is 5.97 Å². The summed E-state index contributed by atoms with van der Waals surface area (Å²) in [6.07, 6.45) is 1.52. The van der Waals surface area contributed by atoms with E-state index in [0.717, 1.165) is 5.56 Å². The molecule has 0 aliphatic carbocycles. The van der Waals surface area contributed by atoms with E-state index >= 15 is 0 Å². The first-order valence-corrected chi connectivity index (χ1v) is 8.87. The van der Waals surface area contributed by atoms with Gasteiger partial charge in [-0.05, 0) is 35.2 Å². The average Bonchev–Trinajstić information content (AvgIpc) is 3.35. The molecule has 0 bridgehead atoms. The lowest BCUT2D eigenvalue weighted by atomic mass is 9.87. The van der Waals surface area contributed by atoms with E-state index < -0.39 is 5.97 Å². The Morgan fingerprint density at radius 1 is 1.11 bits per heavy atom. The van der Waals surface area contributed by atoms with Crippen molar-refractivity contribution in [2.75, 3.05) is 6.54 Å². The summed E-state index contributed by atoms with van der Waals surface area (Å²) in [5.74, 6) is 0.0824. The Bertz CT molecular complexity index is 934. The Hall–Kier alpha value is -3.35. The van der Waals surface area contributed by atoms with Crippen molar-refractivity contribution in [2.45, 2.75) is 32.8 Å². The number of hydrogen-bond donors (Lipinski definition) is 1. The van der Waals surface area contributed by atoms with Gasteiger partial charge in [0.1, 0.15) is 18.8 Å². The van der Waals surface area contributed by atoms with Crippen molar-refractivity contribution in [1.29, 1.82) is 0 Å². The number of benzene rings is 1. The summed E-state index contributed by atoms with van der Waals surface area (Å²) in [5, 5.41) is 6.36. The summed E-state index contributed by atoms with van der Waals surface area (Å²) >= 11 is 0. The fraction of sp³-hybridized carbons (Fsp3) is 0.286. The molecule has 28 heavy (non-hydrogen) atoms. The van der Waals surface area contributed by atoms with Crippen molar-refractivity contribution in [2.24, 2.45) is 0 Å². The fourth-order valence-electron chi connectivity index (χ4n) is 2.50. The van der Waals surface area contributed by atoms with Crippen LogP contribution < -0.4 is 5.32 Å². The Kier molecular flexibility index (Phi) is 5.63. The topological polar surface area (TPSA) is 94.6 Å². The highest BCUT2D eigenvalue weighted by molar-refractivity contribution is 5.95. The molecule has 0 fully saturated rings. The van der Waals surface area contributed by atoms with Crippen LogP contribution in [0.5, 0.6) is 0 Å². The minimum absolute atomic E-state index is 0.0106. The normalized spacial score (nSPS) is 11.2. The van der Waals surface area contributed by atoms with Gasteiger partial charge in [-0.25, -0.2) is 0 Å². The van der Waals surface area contributed by atoms with Gasteiger partial charge in [-0.15, -0.1) is 0 Å². The Morgan fingerprint density at radius 3 is 2.50 bits per heavy atom. The molecule has 146 valence electrons. The number of rotatable bonds is 6. The third kappa shape index (κ3) is 4.88. The highest BCUT2D eigenvalue weighted by atomic mass is 16.5. The Morgan fingerprint density at radius 2 is 1.86 bits per heavy atom. The molecule has 1 amide bonds. The van der Waals surface area contributed by atoms with Crippen molar-refractivity contribution in [3.63, 3.8) is 0 Å². The molecule has 1 aromatic carbocycles. The number of esters is 1. The third-order valence-electron chi connectivity index (χ3n) is 4.11. The van der Waals surface area contributed by atoms with Gasteiger partial charge in [-0.1, -0.05) is 38.1 Å². The molecular formula is C21H22N2O5. The predicted molar refractivity (Wildman–Crippen MR) is 101 cm³/mol.